The van der Waals surface area contributed by atoms with E-state index in [4.69, 9.17) is 0 Å². The second kappa shape index (κ2) is 4.88. The van der Waals surface area contributed by atoms with Crippen molar-refractivity contribution < 1.29 is 0 Å². The maximum atomic E-state index is 4.11. The molecule has 0 bridgehead atoms. The Bertz CT molecular complexity index is 245. The topological polar surface area (TPSA) is 24.4 Å². The van der Waals surface area contributed by atoms with Gasteiger partial charge in [-0.25, -0.2) is 4.99 Å². The van der Waals surface area contributed by atoms with Crippen LogP contribution in [0.25, 0.3) is 0 Å². The van der Waals surface area contributed by atoms with E-state index in [1.165, 1.54) is 5.70 Å². The highest BCUT2D eigenvalue weighted by Gasteiger charge is 2.04. The summed E-state index contributed by atoms with van der Waals surface area (Å²) >= 11 is 0. The average Bonchev–Trinajstić information content (AvgIpc) is 2.16. The first-order valence-corrected chi connectivity index (χ1v) is 4.93. The molecule has 1 atom stereocenters. The van der Waals surface area contributed by atoms with E-state index in [-0.39, 0.29) is 0 Å². The van der Waals surface area contributed by atoms with Crippen LogP contribution in [-0.2, 0) is 0 Å². The van der Waals surface area contributed by atoms with Gasteiger partial charge in [0.05, 0.1) is 6.20 Å². The molecule has 1 N–H and O–H groups in total. The van der Waals surface area contributed by atoms with Crippen LogP contribution in [0.3, 0.4) is 0 Å². The molecule has 13 heavy (non-hydrogen) atoms. The molecule has 0 saturated carbocycles. The summed E-state index contributed by atoms with van der Waals surface area (Å²) in [5.74, 6) is 4.02. The SMILES string of the molecule is CC1C=C=N/C=C(/C(C)C)NCC1. The van der Waals surface area contributed by atoms with Crippen molar-refractivity contribution in [2.24, 2.45) is 16.8 Å². The predicted molar refractivity (Wildman–Crippen MR) is 56.7 cm³/mol. The van der Waals surface area contributed by atoms with E-state index in [1.54, 1.807) is 0 Å². The molecule has 0 aromatic rings. The van der Waals surface area contributed by atoms with E-state index in [9.17, 15) is 0 Å². The summed E-state index contributed by atoms with van der Waals surface area (Å²) in [6, 6.07) is 0. The first-order chi connectivity index (χ1) is 6.20. The molecule has 0 fully saturated rings. The van der Waals surface area contributed by atoms with E-state index in [0.717, 1.165) is 13.0 Å². The van der Waals surface area contributed by atoms with Crippen molar-refractivity contribution in [2.45, 2.75) is 27.2 Å². The van der Waals surface area contributed by atoms with Crippen molar-refractivity contribution in [2.75, 3.05) is 6.54 Å². The monoisotopic (exact) mass is 178 g/mol. The van der Waals surface area contributed by atoms with Crippen LogP contribution in [0.15, 0.2) is 23.0 Å². The molecule has 1 rings (SSSR count). The van der Waals surface area contributed by atoms with Gasteiger partial charge in [-0.05, 0) is 30.2 Å². The van der Waals surface area contributed by atoms with Gasteiger partial charge in [0.1, 0.15) is 0 Å². The Kier molecular flexibility index (Phi) is 3.78. The fraction of sp³-hybridized carbons (Fsp3) is 0.636. The fourth-order valence-corrected chi connectivity index (χ4v) is 1.20. The van der Waals surface area contributed by atoms with E-state index >= 15 is 0 Å². The molecule has 1 aliphatic rings. The summed E-state index contributed by atoms with van der Waals surface area (Å²) in [6.45, 7) is 7.54. The van der Waals surface area contributed by atoms with Gasteiger partial charge < -0.3 is 5.32 Å². The number of rotatable bonds is 1. The highest BCUT2D eigenvalue weighted by molar-refractivity contribution is 5.53. The number of hydrogen-bond acceptors (Lipinski definition) is 2. The van der Waals surface area contributed by atoms with Crippen molar-refractivity contribution in [3.63, 3.8) is 0 Å². The third-order valence-corrected chi connectivity index (χ3v) is 2.19. The van der Waals surface area contributed by atoms with Crippen molar-refractivity contribution in [1.82, 2.24) is 5.32 Å². The van der Waals surface area contributed by atoms with Crippen LogP contribution < -0.4 is 5.32 Å². The molecule has 1 aliphatic heterocycles. The summed E-state index contributed by atoms with van der Waals surface area (Å²) in [5, 5.41) is 3.40. The second-order valence-corrected chi connectivity index (χ2v) is 3.86. The number of nitrogens with zero attached hydrogens (tertiary/aromatic N) is 1. The fourth-order valence-electron chi connectivity index (χ4n) is 1.20. The minimum absolute atomic E-state index is 0.513. The van der Waals surface area contributed by atoms with Crippen molar-refractivity contribution in [3.05, 3.63) is 18.0 Å². The van der Waals surface area contributed by atoms with E-state index in [1.807, 2.05) is 12.3 Å². The third-order valence-electron chi connectivity index (χ3n) is 2.19. The number of nitrogens with one attached hydrogen (secondary N) is 1. The molecule has 0 amide bonds. The summed E-state index contributed by atoms with van der Waals surface area (Å²) in [4.78, 5) is 4.11. The molecule has 0 radical (unpaired) electrons. The zero-order valence-electron chi connectivity index (χ0n) is 8.67. The van der Waals surface area contributed by atoms with E-state index in [2.05, 4.69) is 37.0 Å². The third kappa shape index (κ3) is 3.47. The Labute approximate surface area is 80.4 Å². The van der Waals surface area contributed by atoms with Gasteiger partial charge in [0.15, 0.2) is 0 Å². The Morgan fingerprint density at radius 2 is 2.38 bits per heavy atom. The summed E-state index contributed by atoms with van der Waals surface area (Å²) in [5.41, 5.74) is 1.20. The van der Waals surface area contributed by atoms with Crippen LogP contribution in [0.2, 0.25) is 0 Å². The van der Waals surface area contributed by atoms with Crippen LogP contribution in [0, 0.1) is 11.8 Å². The standard InChI is InChI=1S/C11H18N2/c1-9(2)11-8-12-6-4-10(3)5-7-13-11/h4,8-10,13H,5,7H2,1-3H3/b11-8-. The van der Waals surface area contributed by atoms with Gasteiger partial charge in [-0.3, -0.25) is 0 Å². The minimum atomic E-state index is 0.513. The number of hydrogen-bond donors (Lipinski definition) is 1. The first-order valence-electron chi connectivity index (χ1n) is 4.93. The number of allylic oxidation sites excluding steroid dienone is 2. The zero-order valence-corrected chi connectivity index (χ0v) is 8.67. The molecular weight excluding hydrogens is 160 g/mol. The van der Waals surface area contributed by atoms with Crippen LogP contribution in [0.1, 0.15) is 27.2 Å². The molecule has 0 aliphatic carbocycles. The average molecular weight is 178 g/mol. The molecule has 0 aromatic heterocycles. The van der Waals surface area contributed by atoms with Crippen LogP contribution in [0.5, 0.6) is 0 Å². The predicted octanol–water partition coefficient (Wildman–Crippen LogP) is 2.34. The lowest BCUT2D eigenvalue weighted by molar-refractivity contribution is 0.579. The first kappa shape index (κ1) is 10.1. The molecule has 2 nitrogen and oxygen atoms in total. The van der Waals surface area contributed by atoms with Gasteiger partial charge in [-0.1, -0.05) is 20.8 Å². The van der Waals surface area contributed by atoms with Gasteiger partial charge >= 0.3 is 0 Å². The largest absolute Gasteiger partial charge is 0.387 e. The summed E-state index contributed by atoms with van der Waals surface area (Å²) < 4.78 is 0. The molecule has 1 unspecified atom stereocenters. The molecule has 2 heteroatoms. The highest BCUT2D eigenvalue weighted by atomic mass is 14.9. The lowest BCUT2D eigenvalue weighted by Gasteiger charge is -2.13. The van der Waals surface area contributed by atoms with Gasteiger partial charge in [-0.15, -0.1) is 0 Å². The van der Waals surface area contributed by atoms with Gasteiger partial charge in [0.2, 0.25) is 0 Å². The van der Waals surface area contributed by atoms with Gasteiger partial charge in [0, 0.05) is 12.2 Å². The Balaban J connectivity index is 2.73. The summed E-state index contributed by atoms with van der Waals surface area (Å²) in [7, 11) is 0. The smallest absolute Gasteiger partial charge is 0.0560 e. The van der Waals surface area contributed by atoms with Crippen molar-refractivity contribution in [1.29, 1.82) is 0 Å². The second-order valence-electron chi connectivity index (χ2n) is 3.86. The quantitative estimate of drug-likeness (QED) is 0.655. The normalized spacial score (nSPS) is 27.1. The zero-order chi connectivity index (χ0) is 9.68. The molecule has 0 saturated heterocycles. The highest BCUT2D eigenvalue weighted by Crippen LogP contribution is 2.08. The van der Waals surface area contributed by atoms with Crippen LogP contribution in [-0.4, -0.2) is 12.4 Å². The van der Waals surface area contributed by atoms with Gasteiger partial charge in [-0.2, -0.15) is 0 Å². The van der Waals surface area contributed by atoms with E-state index in [0.29, 0.717) is 11.8 Å². The van der Waals surface area contributed by atoms with E-state index < -0.39 is 0 Å². The Morgan fingerprint density at radius 1 is 1.62 bits per heavy atom. The number of aliphatic imine (C=N–C) groups is 1. The van der Waals surface area contributed by atoms with Gasteiger partial charge in [0.25, 0.3) is 0 Å². The maximum Gasteiger partial charge on any atom is 0.0560 e. The minimum Gasteiger partial charge on any atom is -0.387 e. The summed E-state index contributed by atoms with van der Waals surface area (Å²) in [6.07, 6.45) is 5.05. The Hall–Kier alpha value is -1.01. The lowest BCUT2D eigenvalue weighted by atomic mass is 10.1. The molecule has 0 spiro atoms. The molecule has 72 valence electrons. The van der Waals surface area contributed by atoms with Crippen LogP contribution >= 0.6 is 0 Å². The van der Waals surface area contributed by atoms with Crippen molar-refractivity contribution in [3.8, 4) is 0 Å². The Morgan fingerprint density at radius 3 is 3.08 bits per heavy atom. The lowest BCUT2D eigenvalue weighted by Crippen LogP contribution is -2.19. The molecular formula is C11H18N2. The van der Waals surface area contributed by atoms with Crippen LogP contribution in [0.4, 0.5) is 0 Å². The molecule has 0 aromatic carbocycles. The molecule has 1 heterocycles. The van der Waals surface area contributed by atoms with Crippen molar-refractivity contribution >= 4 is 5.87 Å². The maximum absolute atomic E-state index is 4.11.